The lowest BCUT2D eigenvalue weighted by molar-refractivity contribution is -0.00459. The molecule has 2 heterocycles. The van der Waals surface area contributed by atoms with Gasteiger partial charge in [0.25, 0.3) is 5.89 Å². The average Bonchev–Trinajstić information content (AvgIpc) is 2.67. The fraction of sp³-hybridized carbons (Fsp3) is 0.750. The lowest BCUT2D eigenvalue weighted by atomic mass is 10.1. The van der Waals surface area contributed by atoms with Crippen LogP contribution in [0, 0.1) is 0 Å². The smallest absolute Gasteiger partial charge is 0.255 e. The Morgan fingerprint density at radius 1 is 1.46 bits per heavy atom. The first-order valence-electron chi connectivity index (χ1n) is 4.40. The zero-order valence-corrected chi connectivity index (χ0v) is 8.79. The van der Waals surface area contributed by atoms with Crippen molar-refractivity contribution in [2.24, 2.45) is 0 Å². The van der Waals surface area contributed by atoms with E-state index >= 15 is 0 Å². The third-order valence-electron chi connectivity index (χ3n) is 2.06. The zero-order chi connectivity index (χ0) is 9.10. The molecule has 1 unspecified atom stereocenters. The molecular formula is C8H11BrN2O2. The van der Waals surface area contributed by atoms with Crippen molar-refractivity contribution in [1.29, 1.82) is 0 Å². The van der Waals surface area contributed by atoms with E-state index in [1.54, 1.807) is 0 Å². The molecular weight excluding hydrogens is 236 g/mol. The summed E-state index contributed by atoms with van der Waals surface area (Å²) in [7, 11) is 0. The average molecular weight is 247 g/mol. The van der Waals surface area contributed by atoms with Gasteiger partial charge in [-0.2, -0.15) is 4.98 Å². The Hall–Kier alpha value is -0.420. The molecule has 0 aromatic carbocycles. The van der Waals surface area contributed by atoms with Gasteiger partial charge >= 0.3 is 0 Å². The third-order valence-corrected chi connectivity index (χ3v) is 2.56. The predicted octanol–water partition coefficient (Wildman–Crippen LogP) is 2.21. The Kier molecular flexibility index (Phi) is 2.95. The van der Waals surface area contributed by atoms with Gasteiger partial charge < -0.3 is 9.26 Å². The number of hydrogen-bond acceptors (Lipinski definition) is 4. The molecule has 72 valence electrons. The van der Waals surface area contributed by atoms with Crippen molar-refractivity contribution in [2.45, 2.75) is 30.7 Å². The van der Waals surface area contributed by atoms with E-state index in [-0.39, 0.29) is 6.10 Å². The van der Waals surface area contributed by atoms with Crippen LogP contribution < -0.4 is 0 Å². The second kappa shape index (κ2) is 4.19. The highest BCUT2D eigenvalue weighted by Gasteiger charge is 2.21. The SMILES string of the molecule is BrCc1noc(C2CCCCO2)n1. The number of hydrogen-bond donors (Lipinski definition) is 0. The molecule has 0 saturated carbocycles. The summed E-state index contributed by atoms with van der Waals surface area (Å²) in [5, 5.41) is 4.43. The minimum Gasteiger partial charge on any atom is -0.368 e. The Labute approximate surface area is 84.8 Å². The Morgan fingerprint density at radius 2 is 2.38 bits per heavy atom. The number of rotatable bonds is 2. The van der Waals surface area contributed by atoms with Gasteiger partial charge in [0.1, 0.15) is 6.10 Å². The lowest BCUT2D eigenvalue weighted by Crippen LogP contribution is -2.11. The number of nitrogens with zero attached hydrogens (tertiary/aromatic N) is 2. The molecule has 0 bridgehead atoms. The molecule has 1 aliphatic rings. The molecule has 1 fully saturated rings. The highest BCUT2D eigenvalue weighted by Crippen LogP contribution is 2.26. The molecule has 1 aromatic rings. The zero-order valence-electron chi connectivity index (χ0n) is 7.20. The van der Waals surface area contributed by atoms with Crippen LogP contribution in [0.5, 0.6) is 0 Å². The van der Waals surface area contributed by atoms with Crippen molar-refractivity contribution < 1.29 is 9.26 Å². The first-order chi connectivity index (χ1) is 6.40. The van der Waals surface area contributed by atoms with E-state index in [0.29, 0.717) is 17.0 Å². The fourth-order valence-electron chi connectivity index (χ4n) is 1.39. The van der Waals surface area contributed by atoms with E-state index in [1.165, 1.54) is 6.42 Å². The standard InChI is InChI=1S/C8H11BrN2O2/c9-5-7-10-8(13-11-7)6-3-1-2-4-12-6/h6H,1-5H2. The first kappa shape index (κ1) is 9.15. The van der Waals surface area contributed by atoms with Crippen LogP contribution in [0.3, 0.4) is 0 Å². The van der Waals surface area contributed by atoms with Crippen LogP contribution in [0.15, 0.2) is 4.52 Å². The van der Waals surface area contributed by atoms with Crippen LogP contribution in [0.25, 0.3) is 0 Å². The molecule has 1 atom stereocenters. The molecule has 0 N–H and O–H groups in total. The van der Waals surface area contributed by atoms with Crippen molar-refractivity contribution in [3.05, 3.63) is 11.7 Å². The van der Waals surface area contributed by atoms with Crippen LogP contribution in [0.1, 0.15) is 37.1 Å². The molecule has 0 spiro atoms. The monoisotopic (exact) mass is 246 g/mol. The summed E-state index contributed by atoms with van der Waals surface area (Å²) < 4.78 is 10.6. The second-order valence-corrected chi connectivity index (χ2v) is 3.60. The van der Waals surface area contributed by atoms with Crippen molar-refractivity contribution in [3.8, 4) is 0 Å². The van der Waals surface area contributed by atoms with Crippen LogP contribution in [0.2, 0.25) is 0 Å². The van der Waals surface area contributed by atoms with Crippen LogP contribution in [-0.4, -0.2) is 16.7 Å². The molecule has 1 aromatic heterocycles. The van der Waals surface area contributed by atoms with E-state index in [0.717, 1.165) is 19.4 Å². The van der Waals surface area contributed by atoms with E-state index in [1.807, 2.05) is 0 Å². The molecule has 2 rings (SSSR count). The van der Waals surface area contributed by atoms with Gasteiger partial charge in [-0.15, -0.1) is 0 Å². The lowest BCUT2D eigenvalue weighted by Gasteiger charge is -2.18. The summed E-state index contributed by atoms with van der Waals surface area (Å²) in [4.78, 5) is 4.20. The van der Waals surface area contributed by atoms with Crippen molar-refractivity contribution >= 4 is 15.9 Å². The van der Waals surface area contributed by atoms with Gasteiger partial charge in [-0.05, 0) is 19.3 Å². The van der Waals surface area contributed by atoms with Gasteiger partial charge in [-0.3, -0.25) is 0 Å². The van der Waals surface area contributed by atoms with Gasteiger partial charge in [-0.1, -0.05) is 21.1 Å². The molecule has 0 aliphatic carbocycles. The van der Waals surface area contributed by atoms with Crippen LogP contribution in [-0.2, 0) is 10.1 Å². The highest BCUT2D eigenvalue weighted by atomic mass is 79.9. The quantitative estimate of drug-likeness (QED) is 0.751. The predicted molar refractivity (Wildman–Crippen MR) is 49.5 cm³/mol. The summed E-state index contributed by atoms with van der Waals surface area (Å²) in [6, 6.07) is 0. The number of aromatic nitrogens is 2. The maximum Gasteiger partial charge on any atom is 0.255 e. The first-order valence-corrected chi connectivity index (χ1v) is 5.52. The highest BCUT2D eigenvalue weighted by molar-refractivity contribution is 9.08. The van der Waals surface area contributed by atoms with E-state index in [4.69, 9.17) is 9.26 Å². The third kappa shape index (κ3) is 2.08. The maximum atomic E-state index is 5.51. The van der Waals surface area contributed by atoms with Gasteiger partial charge in [0.15, 0.2) is 5.82 Å². The molecule has 1 aliphatic heterocycles. The van der Waals surface area contributed by atoms with Crippen molar-refractivity contribution in [1.82, 2.24) is 10.1 Å². The summed E-state index contributed by atoms with van der Waals surface area (Å²) >= 11 is 3.27. The summed E-state index contributed by atoms with van der Waals surface area (Å²) in [6.45, 7) is 0.802. The van der Waals surface area contributed by atoms with E-state index < -0.39 is 0 Å². The summed E-state index contributed by atoms with van der Waals surface area (Å²) in [6.07, 6.45) is 3.32. The van der Waals surface area contributed by atoms with Gasteiger partial charge in [0.2, 0.25) is 0 Å². The molecule has 1 saturated heterocycles. The topological polar surface area (TPSA) is 48.2 Å². The normalized spacial score (nSPS) is 23.3. The molecule has 0 radical (unpaired) electrons. The number of alkyl halides is 1. The largest absolute Gasteiger partial charge is 0.368 e. The number of ether oxygens (including phenoxy) is 1. The van der Waals surface area contributed by atoms with Gasteiger partial charge in [0.05, 0.1) is 5.33 Å². The van der Waals surface area contributed by atoms with Gasteiger partial charge in [0, 0.05) is 6.61 Å². The molecule has 0 amide bonds. The van der Waals surface area contributed by atoms with E-state index in [2.05, 4.69) is 26.1 Å². The van der Waals surface area contributed by atoms with Gasteiger partial charge in [-0.25, -0.2) is 0 Å². The summed E-state index contributed by atoms with van der Waals surface area (Å²) in [5.74, 6) is 1.30. The Morgan fingerprint density at radius 3 is 3.00 bits per heavy atom. The van der Waals surface area contributed by atoms with Crippen molar-refractivity contribution in [3.63, 3.8) is 0 Å². The second-order valence-electron chi connectivity index (χ2n) is 3.04. The minimum atomic E-state index is 0.0223. The van der Waals surface area contributed by atoms with Crippen LogP contribution >= 0.6 is 15.9 Å². The minimum absolute atomic E-state index is 0.0223. The van der Waals surface area contributed by atoms with Crippen molar-refractivity contribution in [2.75, 3.05) is 6.61 Å². The fourth-order valence-corrected chi connectivity index (χ4v) is 1.62. The summed E-state index contributed by atoms with van der Waals surface area (Å²) in [5.41, 5.74) is 0. The molecule has 4 nitrogen and oxygen atoms in total. The van der Waals surface area contributed by atoms with E-state index in [9.17, 15) is 0 Å². The maximum absolute atomic E-state index is 5.51. The Balaban J connectivity index is 2.05. The molecule has 13 heavy (non-hydrogen) atoms. The van der Waals surface area contributed by atoms with Crippen LogP contribution in [0.4, 0.5) is 0 Å². The molecule has 5 heteroatoms. The number of halogens is 1. The Bertz CT molecular complexity index is 271.